The summed E-state index contributed by atoms with van der Waals surface area (Å²) in [6.45, 7) is 2.28. The van der Waals surface area contributed by atoms with Crippen LogP contribution in [-0.2, 0) is 4.79 Å². The minimum absolute atomic E-state index is 0.110. The zero-order valence-electron chi connectivity index (χ0n) is 18.4. The van der Waals surface area contributed by atoms with Crippen LogP contribution in [0, 0.1) is 11.6 Å². The third-order valence-corrected chi connectivity index (χ3v) is 5.35. The predicted molar refractivity (Wildman–Crippen MR) is 120 cm³/mol. The number of nitrogens with one attached hydrogen (secondary N) is 2. The largest absolute Gasteiger partial charge is 0.438 e. The molecule has 34 heavy (non-hydrogen) atoms. The third kappa shape index (κ3) is 6.03. The molecule has 8 nitrogen and oxygen atoms in total. The van der Waals surface area contributed by atoms with E-state index in [1.807, 2.05) is 0 Å². The van der Waals surface area contributed by atoms with Crippen molar-refractivity contribution in [3.63, 3.8) is 0 Å². The summed E-state index contributed by atoms with van der Waals surface area (Å²) < 4.78 is 31.7. The average molecular weight is 467 g/mol. The van der Waals surface area contributed by atoms with Crippen LogP contribution in [0.4, 0.5) is 14.6 Å². The Hall–Kier alpha value is -4.08. The lowest BCUT2D eigenvalue weighted by Crippen LogP contribution is -2.55. The molecule has 0 radical (unpaired) electrons. The van der Waals surface area contributed by atoms with E-state index in [9.17, 15) is 18.4 Å². The van der Waals surface area contributed by atoms with Crippen LogP contribution >= 0.6 is 0 Å². The fraction of sp³-hybridized carbons (Fsp3) is 0.250. The summed E-state index contributed by atoms with van der Waals surface area (Å²) in [4.78, 5) is 34.8. The molecule has 0 spiro atoms. The van der Waals surface area contributed by atoms with Gasteiger partial charge in [-0.1, -0.05) is 0 Å². The Labute approximate surface area is 195 Å². The van der Waals surface area contributed by atoms with Gasteiger partial charge in [-0.3, -0.25) is 9.59 Å². The molecule has 1 aromatic heterocycles. The lowest BCUT2D eigenvalue weighted by Gasteiger charge is -2.38. The molecule has 2 atom stereocenters. The Morgan fingerprint density at radius 1 is 0.941 bits per heavy atom. The molecule has 1 saturated heterocycles. The van der Waals surface area contributed by atoms with Gasteiger partial charge in [0.05, 0.1) is 12.4 Å². The number of halogens is 2. The van der Waals surface area contributed by atoms with Gasteiger partial charge in [-0.15, -0.1) is 0 Å². The molecular weight excluding hydrogens is 444 g/mol. The molecular formula is C24H23F2N5O3. The lowest BCUT2D eigenvalue weighted by molar-refractivity contribution is -0.130. The second-order valence-electron chi connectivity index (χ2n) is 7.97. The molecule has 1 fully saturated rings. The minimum Gasteiger partial charge on any atom is -0.438 e. The van der Waals surface area contributed by atoms with E-state index in [0.29, 0.717) is 36.6 Å². The second kappa shape index (κ2) is 10.2. The van der Waals surface area contributed by atoms with E-state index in [0.717, 1.165) is 0 Å². The van der Waals surface area contributed by atoms with Crippen molar-refractivity contribution >= 4 is 17.6 Å². The maximum Gasteiger partial charge on any atom is 0.251 e. The van der Waals surface area contributed by atoms with Gasteiger partial charge < -0.3 is 20.3 Å². The molecule has 2 amide bonds. The van der Waals surface area contributed by atoms with E-state index < -0.39 is 5.82 Å². The molecule has 4 rings (SSSR count). The smallest absolute Gasteiger partial charge is 0.251 e. The topological polar surface area (TPSA) is 96.5 Å². The number of hydrogen-bond acceptors (Lipinski definition) is 6. The molecule has 2 heterocycles. The predicted octanol–water partition coefficient (Wildman–Crippen LogP) is 3.38. The Bertz CT molecular complexity index is 1140. The van der Waals surface area contributed by atoms with Crippen LogP contribution in [-0.4, -0.2) is 51.9 Å². The van der Waals surface area contributed by atoms with Crippen LogP contribution < -0.4 is 15.4 Å². The lowest BCUT2D eigenvalue weighted by atomic mass is 10.00. The summed E-state index contributed by atoms with van der Waals surface area (Å²) in [6.07, 6.45) is 3.48. The molecule has 1 aliphatic heterocycles. The molecule has 176 valence electrons. The standard InChI is InChI=1S/C24H23F2N5O3/c1-15(32)31-13-19(10-20(14-31)30-24(33)16-2-4-17(25)5-3-16)29-22-11-28-23(12-27-22)34-21-8-6-18(26)7-9-21/h2-9,11-12,19-20H,10,13-14H2,1H3,(H,27,29)(H,30,33)/t19-,20+/m1/s1. The van der Waals surface area contributed by atoms with Gasteiger partial charge in [-0.05, 0) is 55.0 Å². The van der Waals surface area contributed by atoms with Crippen LogP contribution in [0.15, 0.2) is 60.9 Å². The SMILES string of the molecule is CC(=O)N1C[C@@H](NC(=O)c2ccc(F)cc2)C[C@@H](Nc2cnc(Oc3ccc(F)cc3)cn2)C1. The maximum absolute atomic E-state index is 13.1. The van der Waals surface area contributed by atoms with Gasteiger partial charge in [-0.2, -0.15) is 0 Å². The van der Waals surface area contributed by atoms with Crippen molar-refractivity contribution in [2.75, 3.05) is 18.4 Å². The molecule has 0 unspecified atom stereocenters. The van der Waals surface area contributed by atoms with Gasteiger partial charge in [0.2, 0.25) is 11.8 Å². The number of carbonyl (C=O) groups excluding carboxylic acids is 2. The Kier molecular flexibility index (Phi) is 6.95. The highest BCUT2D eigenvalue weighted by atomic mass is 19.1. The first-order valence-corrected chi connectivity index (χ1v) is 10.7. The fourth-order valence-electron chi connectivity index (χ4n) is 3.71. The minimum atomic E-state index is -0.420. The van der Waals surface area contributed by atoms with Crippen molar-refractivity contribution < 1.29 is 23.1 Å². The summed E-state index contributed by atoms with van der Waals surface area (Å²) in [5.41, 5.74) is 0.341. The Morgan fingerprint density at radius 2 is 1.59 bits per heavy atom. The van der Waals surface area contributed by atoms with E-state index in [1.165, 1.54) is 67.8 Å². The quantitative estimate of drug-likeness (QED) is 0.577. The Balaban J connectivity index is 1.39. The molecule has 2 aromatic carbocycles. The average Bonchev–Trinajstić information content (AvgIpc) is 2.82. The van der Waals surface area contributed by atoms with Gasteiger partial charge in [0.25, 0.3) is 5.91 Å². The zero-order chi connectivity index (χ0) is 24.1. The fourth-order valence-corrected chi connectivity index (χ4v) is 3.71. The van der Waals surface area contributed by atoms with Gasteiger partial charge >= 0.3 is 0 Å². The van der Waals surface area contributed by atoms with Crippen LogP contribution in [0.2, 0.25) is 0 Å². The van der Waals surface area contributed by atoms with Crippen molar-refractivity contribution in [2.24, 2.45) is 0 Å². The normalized spacial score (nSPS) is 17.7. The number of benzene rings is 2. The van der Waals surface area contributed by atoms with Gasteiger partial charge in [0, 0.05) is 37.7 Å². The molecule has 10 heteroatoms. The monoisotopic (exact) mass is 467 g/mol. The number of carbonyl (C=O) groups is 2. The number of likely N-dealkylation sites (tertiary alicyclic amines) is 1. The van der Waals surface area contributed by atoms with E-state index in [4.69, 9.17) is 4.74 Å². The number of hydrogen-bond donors (Lipinski definition) is 2. The summed E-state index contributed by atoms with van der Waals surface area (Å²) in [5.74, 6) is -0.0758. The number of ether oxygens (including phenoxy) is 1. The van der Waals surface area contributed by atoms with Gasteiger partial charge in [0.15, 0.2) is 0 Å². The van der Waals surface area contributed by atoms with Crippen molar-refractivity contribution in [2.45, 2.75) is 25.4 Å². The van der Waals surface area contributed by atoms with E-state index in [2.05, 4.69) is 20.6 Å². The molecule has 0 saturated carbocycles. The summed E-state index contributed by atoms with van der Waals surface area (Å²) >= 11 is 0. The first-order valence-electron chi connectivity index (χ1n) is 10.7. The highest BCUT2D eigenvalue weighted by Gasteiger charge is 2.30. The molecule has 2 N–H and O–H groups in total. The Morgan fingerprint density at radius 3 is 2.21 bits per heavy atom. The van der Waals surface area contributed by atoms with Crippen LogP contribution in [0.1, 0.15) is 23.7 Å². The number of nitrogens with zero attached hydrogens (tertiary/aromatic N) is 3. The molecule has 3 aromatic rings. The number of anilines is 1. The molecule has 0 aliphatic carbocycles. The first-order chi connectivity index (χ1) is 16.4. The first kappa shape index (κ1) is 23.1. The number of rotatable bonds is 6. The molecule has 0 bridgehead atoms. The van der Waals surface area contributed by atoms with Crippen molar-refractivity contribution in [3.8, 4) is 11.6 Å². The van der Waals surface area contributed by atoms with Crippen LogP contribution in [0.25, 0.3) is 0 Å². The van der Waals surface area contributed by atoms with E-state index >= 15 is 0 Å². The highest BCUT2D eigenvalue weighted by molar-refractivity contribution is 5.94. The van der Waals surface area contributed by atoms with Crippen molar-refractivity contribution in [1.82, 2.24) is 20.2 Å². The van der Waals surface area contributed by atoms with Gasteiger partial charge in [0.1, 0.15) is 23.2 Å². The summed E-state index contributed by atoms with van der Waals surface area (Å²) in [6, 6.07) is 10.3. The summed E-state index contributed by atoms with van der Waals surface area (Å²) in [7, 11) is 0. The van der Waals surface area contributed by atoms with Crippen LogP contribution in [0.3, 0.4) is 0 Å². The summed E-state index contributed by atoms with van der Waals surface area (Å²) in [5, 5.41) is 6.16. The second-order valence-corrected chi connectivity index (χ2v) is 7.97. The van der Waals surface area contributed by atoms with E-state index in [-0.39, 0.29) is 35.6 Å². The zero-order valence-corrected chi connectivity index (χ0v) is 18.4. The maximum atomic E-state index is 13.1. The van der Waals surface area contributed by atoms with Crippen LogP contribution in [0.5, 0.6) is 11.6 Å². The number of amides is 2. The van der Waals surface area contributed by atoms with Crippen molar-refractivity contribution in [1.29, 1.82) is 0 Å². The van der Waals surface area contributed by atoms with Gasteiger partial charge in [-0.25, -0.2) is 18.7 Å². The van der Waals surface area contributed by atoms with Crippen molar-refractivity contribution in [3.05, 3.63) is 78.1 Å². The number of aromatic nitrogens is 2. The van der Waals surface area contributed by atoms with E-state index in [1.54, 1.807) is 4.90 Å². The molecule has 1 aliphatic rings. The third-order valence-electron chi connectivity index (χ3n) is 5.35. The number of piperidine rings is 1. The highest BCUT2D eigenvalue weighted by Crippen LogP contribution is 2.21.